The van der Waals surface area contributed by atoms with E-state index in [1.807, 2.05) is 0 Å². The van der Waals surface area contributed by atoms with Crippen LogP contribution in [0.3, 0.4) is 0 Å². The van der Waals surface area contributed by atoms with Crippen LogP contribution in [0.1, 0.15) is 27.0 Å². The zero-order chi connectivity index (χ0) is 24.2. The van der Waals surface area contributed by atoms with Crippen molar-refractivity contribution in [3.63, 3.8) is 0 Å². The minimum Gasteiger partial charge on any atom is -0.347 e. The molecule has 33 heavy (non-hydrogen) atoms. The maximum absolute atomic E-state index is 14.1. The number of benzene rings is 2. The van der Waals surface area contributed by atoms with Gasteiger partial charge in [-0.05, 0) is 54.5 Å². The molecule has 0 radical (unpaired) electrons. The highest BCUT2D eigenvalue weighted by molar-refractivity contribution is 7.92. The van der Waals surface area contributed by atoms with Crippen molar-refractivity contribution in [2.75, 3.05) is 11.5 Å². The van der Waals surface area contributed by atoms with E-state index in [0.29, 0.717) is 11.1 Å². The fourth-order valence-corrected chi connectivity index (χ4v) is 5.57. The van der Waals surface area contributed by atoms with E-state index in [-0.39, 0.29) is 38.4 Å². The highest BCUT2D eigenvalue weighted by Crippen LogP contribution is 2.48. The molecule has 2 N–H and O–H groups in total. The summed E-state index contributed by atoms with van der Waals surface area (Å²) in [5.41, 5.74) is 0.390. The summed E-state index contributed by atoms with van der Waals surface area (Å²) >= 11 is 11.8. The third-order valence-corrected chi connectivity index (χ3v) is 7.67. The Labute approximate surface area is 197 Å². The van der Waals surface area contributed by atoms with Crippen molar-refractivity contribution in [1.82, 2.24) is 10.8 Å². The van der Waals surface area contributed by atoms with Gasteiger partial charge in [0, 0.05) is 21.2 Å². The van der Waals surface area contributed by atoms with E-state index < -0.39 is 33.6 Å². The van der Waals surface area contributed by atoms with Gasteiger partial charge in [0.05, 0.1) is 23.2 Å². The van der Waals surface area contributed by atoms with Crippen LogP contribution < -0.4 is 10.8 Å². The molecule has 1 amide bonds. The lowest BCUT2D eigenvalue weighted by Gasteiger charge is -2.28. The Bertz CT molecular complexity index is 1250. The van der Waals surface area contributed by atoms with Gasteiger partial charge in [-0.1, -0.05) is 29.3 Å². The van der Waals surface area contributed by atoms with E-state index in [2.05, 4.69) is 10.8 Å². The van der Waals surface area contributed by atoms with Crippen molar-refractivity contribution in [2.24, 2.45) is 0 Å². The molecule has 2 aromatic rings. The maximum atomic E-state index is 14.1. The van der Waals surface area contributed by atoms with E-state index in [1.54, 1.807) is 6.92 Å². The minimum atomic E-state index is -4.84. The summed E-state index contributed by atoms with van der Waals surface area (Å²) in [4.78, 5) is 17.5. The van der Waals surface area contributed by atoms with Gasteiger partial charge in [0.1, 0.15) is 0 Å². The second kappa shape index (κ2) is 8.19. The van der Waals surface area contributed by atoms with Gasteiger partial charge < -0.3 is 5.32 Å². The van der Waals surface area contributed by atoms with Gasteiger partial charge in [-0.15, -0.1) is 0 Å². The van der Waals surface area contributed by atoms with Crippen molar-refractivity contribution in [3.05, 3.63) is 74.8 Å². The molecule has 0 aromatic heterocycles. The molecule has 0 spiro atoms. The van der Waals surface area contributed by atoms with Gasteiger partial charge in [-0.3, -0.25) is 15.1 Å². The molecule has 1 fully saturated rings. The molecule has 4 rings (SSSR count). The number of hydroxylamine groups is 1. The Morgan fingerprint density at radius 2 is 1.79 bits per heavy atom. The normalized spacial score (nSPS) is 22.3. The quantitative estimate of drug-likeness (QED) is 0.632. The molecule has 176 valence electrons. The summed E-state index contributed by atoms with van der Waals surface area (Å²) in [6.07, 6.45) is -3.95. The Morgan fingerprint density at radius 3 is 2.33 bits per heavy atom. The van der Waals surface area contributed by atoms with E-state index in [1.165, 1.54) is 24.3 Å². The molecule has 1 unspecified atom stereocenters. The summed E-state index contributed by atoms with van der Waals surface area (Å²) in [5, 5.41) is 2.69. The number of hydrogen-bond acceptors (Lipinski definition) is 5. The predicted octanol–water partition coefficient (Wildman–Crippen LogP) is 4.16. The maximum Gasteiger partial charge on any atom is 0.428 e. The van der Waals surface area contributed by atoms with Gasteiger partial charge in [0.25, 0.3) is 5.91 Å². The molecule has 6 nitrogen and oxygen atoms in total. The van der Waals surface area contributed by atoms with Crippen LogP contribution in [0.4, 0.5) is 13.2 Å². The van der Waals surface area contributed by atoms with Crippen molar-refractivity contribution in [3.8, 4) is 0 Å². The van der Waals surface area contributed by atoms with Crippen LogP contribution >= 0.6 is 23.2 Å². The van der Waals surface area contributed by atoms with Crippen LogP contribution in [-0.2, 0) is 20.3 Å². The molecule has 2 aromatic carbocycles. The first-order valence-corrected chi connectivity index (χ1v) is 12.2. The zero-order valence-electron chi connectivity index (χ0n) is 17.0. The minimum absolute atomic E-state index is 0.0250. The number of amides is 1. The molecule has 2 aliphatic rings. The third-order valence-electron chi connectivity index (χ3n) is 5.41. The van der Waals surface area contributed by atoms with Crippen LogP contribution in [0.5, 0.6) is 0 Å². The van der Waals surface area contributed by atoms with Crippen LogP contribution in [0.2, 0.25) is 10.0 Å². The molecule has 2 aliphatic heterocycles. The van der Waals surface area contributed by atoms with Crippen LogP contribution in [0.15, 0.2) is 42.5 Å². The molecule has 0 aliphatic carbocycles. The van der Waals surface area contributed by atoms with Crippen molar-refractivity contribution < 1.29 is 31.2 Å². The second-order valence-electron chi connectivity index (χ2n) is 7.93. The Balaban J connectivity index is 1.64. The van der Waals surface area contributed by atoms with E-state index in [4.69, 9.17) is 28.0 Å². The highest BCUT2D eigenvalue weighted by atomic mass is 35.5. The largest absolute Gasteiger partial charge is 0.428 e. The first kappa shape index (κ1) is 23.9. The number of halogens is 5. The van der Waals surface area contributed by atoms with Crippen LogP contribution in [0, 0.1) is 6.92 Å². The number of sulfone groups is 1. The van der Waals surface area contributed by atoms with E-state index >= 15 is 0 Å². The Morgan fingerprint density at radius 1 is 1.15 bits per heavy atom. The molecule has 2 heterocycles. The lowest BCUT2D eigenvalue weighted by atomic mass is 9.91. The smallest absolute Gasteiger partial charge is 0.347 e. The van der Waals surface area contributed by atoms with Gasteiger partial charge in [-0.2, -0.15) is 13.2 Å². The van der Waals surface area contributed by atoms with Crippen LogP contribution in [0.25, 0.3) is 5.70 Å². The van der Waals surface area contributed by atoms with Gasteiger partial charge in [0.15, 0.2) is 9.84 Å². The topological polar surface area (TPSA) is 84.5 Å². The summed E-state index contributed by atoms with van der Waals surface area (Å²) in [7, 11) is -3.09. The van der Waals surface area contributed by atoms with Crippen molar-refractivity contribution in [2.45, 2.75) is 24.7 Å². The molecule has 12 heteroatoms. The predicted molar refractivity (Wildman–Crippen MR) is 117 cm³/mol. The molecule has 0 saturated carbocycles. The number of carbonyl (C=O) groups is 1. The fraction of sp³-hybridized carbons (Fsp3) is 0.286. The number of alkyl halides is 3. The monoisotopic (exact) mass is 520 g/mol. The standard InChI is InChI=1S/C21H17Cl2F3N2O4S/c1-11-4-12(2-3-17(11)19(29)27-16-9-33(30,31)10-16)18-8-20(32-28-18,21(24,25)26)13-5-14(22)7-15(23)6-13/h2-8,16,28H,9-10H2,1H3,(H,27,29). The van der Waals surface area contributed by atoms with Crippen LogP contribution in [-0.4, -0.2) is 38.0 Å². The van der Waals surface area contributed by atoms with Crippen molar-refractivity contribution >= 4 is 44.6 Å². The molecule has 0 bridgehead atoms. The number of carbonyl (C=O) groups excluding carboxylic acids is 1. The van der Waals surface area contributed by atoms with Gasteiger partial charge >= 0.3 is 6.18 Å². The lowest BCUT2D eigenvalue weighted by Crippen LogP contribution is -2.53. The van der Waals surface area contributed by atoms with Gasteiger partial charge in [0.2, 0.25) is 5.60 Å². The molecule has 1 saturated heterocycles. The first-order valence-electron chi connectivity index (χ1n) is 9.62. The number of aryl methyl sites for hydroxylation is 1. The summed E-state index contributed by atoms with van der Waals surface area (Å²) in [5.74, 6) is -0.685. The average Bonchev–Trinajstić information content (AvgIpc) is 3.12. The number of rotatable bonds is 4. The Kier molecular flexibility index (Phi) is 5.93. The fourth-order valence-electron chi connectivity index (χ4n) is 3.75. The first-order chi connectivity index (χ1) is 15.3. The number of nitrogens with one attached hydrogen (secondary N) is 2. The molecular weight excluding hydrogens is 504 g/mol. The van der Waals surface area contributed by atoms with E-state index in [9.17, 15) is 26.4 Å². The second-order valence-corrected chi connectivity index (χ2v) is 11.0. The zero-order valence-corrected chi connectivity index (χ0v) is 19.3. The van der Waals surface area contributed by atoms with Crippen molar-refractivity contribution in [1.29, 1.82) is 0 Å². The molecule has 1 atom stereocenters. The third kappa shape index (κ3) is 4.57. The Hall–Kier alpha value is -2.27. The summed E-state index contributed by atoms with van der Waals surface area (Å²) in [6.45, 7) is 1.63. The van der Waals surface area contributed by atoms with Gasteiger partial charge in [-0.25, -0.2) is 8.42 Å². The molecular formula is C21H17Cl2F3N2O4S. The lowest BCUT2D eigenvalue weighted by molar-refractivity contribution is -0.269. The highest BCUT2D eigenvalue weighted by Gasteiger charge is 2.59. The average molecular weight is 521 g/mol. The summed E-state index contributed by atoms with van der Waals surface area (Å²) in [6, 6.07) is 7.58. The summed E-state index contributed by atoms with van der Waals surface area (Å²) < 4.78 is 64.9. The van der Waals surface area contributed by atoms with E-state index in [0.717, 1.165) is 18.2 Å². The number of hydrogen-bond donors (Lipinski definition) is 2. The SMILES string of the molecule is Cc1cc(C2=CC(c3cc(Cl)cc(Cl)c3)(C(F)(F)F)ON2)ccc1C(=O)NC1CS(=O)(=O)C1.